The number of carbonyl (C=O) groups excluding carboxylic acids is 1. The first-order valence-corrected chi connectivity index (χ1v) is 6.44. The van der Waals surface area contributed by atoms with E-state index in [2.05, 4.69) is 10.6 Å². The van der Waals surface area contributed by atoms with Gasteiger partial charge < -0.3 is 10.6 Å². The molecule has 0 saturated heterocycles. The highest BCUT2D eigenvalue weighted by atomic mass is 35.5. The van der Waals surface area contributed by atoms with Crippen LogP contribution >= 0.6 is 11.6 Å². The fraction of sp³-hybridized carbons (Fsp3) is 0.462. The first-order chi connectivity index (χ1) is 8.52. The smallest absolute Gasteiger partial charge is 0.232 e. The van der Waals surface area contributed by atoms with Crippen LogP contribution in [0.1, 0.15) is 26.7 Å². The predicted octanol–water partition coefficient (Wildman–Crippen LogP) is 3.65. The normalized spacial score (nSPS) is 17.4. The Balaban J connectivity index is 2.41. The van der Waals surface area contributed by atoms with Gasteiger partial charge in [-0.3, -0.25) is 4.79 Å². The number of hydrogen-bond acceptors (Lipinski definition) is 2. The van der Waals surface area contributed by atoms with E-state index >= 15 is 0 Å². The van der Waals surface area contributed by atoms with E-state index in [-0.39, 0.29) is 10.9 Å². The fourth-order valence-corrected chi connectivity index (χ4v) is 2.38. The van der Waals surface area contributed by atoms with Gasteiger partial charge in [0.2, 0.25) is 5.91 Å². The van der Waals surface area contributed by atoms with E-state index in [0.29, 0.717) is 17.9 Å². The Hall–Kier alpha value is -1.29. The molecule has 1 aliphatic rings. The molecule has 98 valence electrons. The second kappa shape index (κ2) is 4.76. The molecule has 0 spiro atoms. The van der Waals surface area contributed by atoms with Gasteiger partial charge in [0.05, 0.1) is 21.8 Å². The highest BCUT2D eigenvalue weighted by Gasteiger charge is 2.37. The summed E-state index contributed by atoms with van der Waals surface area (Å²) in [4.78, 5) is 12.3. The van der Waals surface area contributed by atoms with Crippen molar-refractivity contribution in [3.8, 4) is 0 Å². The average molecular weight is 271 g/mol. The minimum absolute atomic E-state index is 0.0518. The lowest BCUT2D eigenvalue weighted by atomic mass is 9.81. The van der Waals surface area contributed by atoms with E-state index in [1.54, 1.807) is 0 Å². The summed E-state index contributed by atoms with van der Waals surface area (Å²) in [5, 5.41) is 6.02. The van der Waals surface area contributed by atoms with Crippen LogP contribution in [0.15, 0.2) is 12.1 Å². The van der Waals surface area contributed by atoms with Crippen LogP contribution < -0.4 is 10.6 Å². The summed E-state index contributed by atoms with van der Waals surface area (Å²) >= 11 is 5.75. The Kier molecular flexibility index (Phi) is 3.48. The number of nitrogens with one attached hydrogen (secondary N) is 2. The molecule has 18 heavy (non-hydrogen) atoms. The van der Waals surface area contributed by atoms with Crippen molar-refractivity contribution in [3.05, 3.63) is 23.0 Å². The van der Waals surface area contributed by atoms with E-state index in [4.69, 9.17) is 11.6 Å². The number of anilines is 2. The van der Waals surface area contributed by atoms with E-state index in [0.717, 1.165) is 12.8 Å². The Labute approximate surface area is 111 Å². The number of halogens is 2. The van der Waals surface area contributed by atoms with Crippen molar-refractivity contribution in [1.29, 1.82) is 0 Å². The van der Waals surface area contributed by atoms with Gasteiger partial charge in [0, 0.05) is 12.6 Å². The quantitative estimate of drug-likeness (QED) is 0.861. The Morgan fingerprint density at radius 1 is 1.33 bits per heavy atom. The minimum Gasteiger partial charge on any atom is -0.382 e. The van der Waals surface area contributed by atoms with Crippen molar-refractivity contribution in [1.82, 2.24) is 0 Å². The number of carbonyl (C=O) groups is 1. The van der Waals surface area contributed by atoms with Crippen molar-refractivity contribution in [2.75, 3.05) is 17.2 Å². The minimum atomic E-state index is -0.530. The van der Waals surface area contributed by atoms with Crippen LogP contribution in [-0.4, -0.2) is 12.5 Å². The van der Waals surface area contributed by atoms with Crippen LogP contribution in [0.5, 0.6) is 0 Å². The molecule has 1 heterocycles. The molecule has 0 aliphatic carbocycles. The number of fused-ring (bicyclic) bond motifs is 1. The van der Waals surface area contributed by atoms with E-state index in [9.17, 15) is 9.18 Å². The molecule has 0 aromatic heterocycles. The zero-order valence-corrected chi connectivity index (χ0v) is 11.2. The third-order valence-corrected chi connectivity index (χ3v) is 4.05. The molecule has 1 aromatic carbocycles. The Morgan fingerprint density at radius 2 is 2.00 bits per heavy atom. The van der Waals surface area contributed by atoms with Gasteiger partial charge in [0.25, 0.3) is 0 Å². The van der Waals surface area contributed by atoms with E-state index in [1.807, 2.05) is 13.8 Å². The maximum atomic E-state index is 13.4. The third-order valence-electron chi connectivity index (χ3n) is 3.76. The second-order valence-electron chi connectivity index (χ2n) is 4.61. The molecular formula is C13H16ClFN2O. The van der Waals surface area contributed by atoms with Crippen molar-refractivity contribution in [2.45, 2.75) is 26.7 Å². The number of benzene rings is 1. The van der Waals surface area contributed by atoms with Gasteiger partial charge in [-0.15, -0.1) is 0 Å². The van der Waals surface area contributed by atoms with Crippen LogP contribution in [-0.2, 0) is 4.79 Å². The molecule has 0 unspecified atom stereocenters. The van der Waals surface area contributed by atoms with Gasteiger partial charge >= 0.3 is 0 Å². The van der Waals surface area contributed by atoms with Crippen molar-refractivity contribution in [2.24, 2.45) is 5.41 Å². The molecular weight excluding hydrogens is 255 g/mol. The lowest BCUT2D eigenvalue weighted by Gasteiger charge is -2.27. The molecule has 0 atom stereocenters. The summed E-state index contributed by atoms with van der Waals surface area (Å²) in [5.74, 6) is -0.599. The SMILES string of the molecule is CCC1(CC)CNc2cc(Cl)c(F)cc2NC1=O. The number of hydrogen-bond donors (Lipinski definition) is 2. The van der Waals surface area contributed by atoms with Crippen LogP contribution in [0.25, 0.3) is 0 Å². The van der Waals surface area contributed by atoms with Gasteiger partial charge in [-0.25, -0.2) is 4.39 Å². The van der Waals surface area contributed by atoms with Crippen molar-refractivity contribution >= 4 is 28.9 Å². The molecule has 1 aliphatic heterocycles. The van der Waals surface area contributed by atoms with E-state index in [1.165, 1.54) is 12.1 Å². The van der Waals surface area contributed by atoms with Crippen LogP contribution in [0.4, 0.5) is 15.8 Å². The first kappa shape index (κ1) is 13.1. The van der Waals surface area contributed by atoms with Crippen LogP contribution in [0.2, 0.25) is 5.02 Å². The van der Waals surface area contributed by atoms with Crippen LogP contribution in [0, 0.1) is 11.2 Å². The monoisotopic (exact) mass is 270 g/mol. The lowest BCUT2D eigenvalue weighted by Crippen LogP contribution is -2.39. The molecule has 0 bridgehead atoms. The molecule has 2 N–H and O–H groups in total. The third kappa shape index (κ3) is 2.05. The first-order valence-electron chi connectivity index (χ1n) is 6.07. The summed E-state index contributed by atoms with van der Waals surface area (Å²) < 4.78 is 13.4. The molecule has 0 fully saturated rings. The van der Waals surface area contributed by atoms with Gasteiger partial charge in [0.15, 0.2) is 0 Å². The molecule has 1 aromatic rings. The standard InChI is InChI=1S/C13H16ClFN2O/c1-3-13(4-2)7-16-10-5-8(14)9(15)6-11(10)17-12(13)18/h5-6,16H,3-4,7H2,1-2H3,(H,17,18). The summed E-state index contributed by atoms with van der Waals surface area (Å²) in [7, 11) is 0. The molecule has 3 nitrogen and oxygen atoms in total. The van der Waals surface area contributed by atoms with Gasteiger partial charge in [0.1, 0.15) is 5.82 Å². The van der Waals surface area contributed by atoms with E-state index < -0.39 is 11.2 Å². The highest BCUT2D eigenvalue weighted by molar-refractivity contribution is 6.31. The van der Waals surface area contributed by atoms with Gasteiger partial charge in [-0.2, -0.15) is 0 Å². The molecule has 5 heteroatoms. The highest BCUT2D eigenvalue weighted by Crippen LogP contribution is 2.36. The molecule has 0 radical (unpaired) electrons. The second-order valence-corrected chi connectivity index (χ2v) is 5.01. The molecule has 0 saturated carbocycles. The molecule has 1 amide bonds. The topological polar surface area (TPSA) is 41.1 Å². The average Bonchev–Trinajstić information content (AvgIpc) is 2.48. The maximum absolute atomic E-state index is 13.4. The summed E-state index contributed by atoms with van der Waals surface area (Å²) in [6, 6.07) is 2.76. The van der Waals surface area contributed by atoms with Crippen molar-refractivity contribution < 1.29 is 9.18 Å². The summed E-state index contributed by atoms with van der Waals surface area (Å²) in [5.41, 5.74) is 0.659. The zero-order chi connectivity index (χ0) is 13.3. The Morgan fingerprint density at radius 3 is 2.61 bits per heavy atom. The molecule has 2 rings (SSSR count). The summed E-state index contributed by atoms with van der Waals surface area (Å²) in [6.07, 6.45) is 1.46. The lowest BCUT2D eigenvalue weighted by molar-refractivity contribution is -0.125. The van der Waals surface area contributed by atoms with Gasteiger partial charge in [-0.1, -0.05) is 25.4 Å². The number of rotatable bonds is 2. The maximum Gasteiger partial charge on any atom is 0.232 e. The largest absolute Gasteiger partial charge is 0.382 e. The van der Waals surface area contributed by atoms with Crippen molar-refractivity contribution in [3.63, 3.8) is 0 Å². The van der Waals surface area contributed by atoms with Gasteiger partial charge in [-0.05, 0) is 18.9 Å². The predicted molar refractivity (Wildman–Crippen MR) is 71.5 cm³/mol. The zero-order valence-electron chi connectivity index (χ0n) is 10.4. The summed E-state index contributed by atoms with van der Waals surface area (Å²) in [6.45, 7) is 4.49. The Bertz CT molecular complexity index is 486. The van der Waals surface area contributed by atoms with Crippen LogP contribution in [0.3, 0.4) is 0 Å². The fourth-order valence-electron chi connectivity index (χ4n) is 2.22. The number of amides is 1.